The summed E-state index contributed by atoms with van der Waals surface area (Å²) in [6, 6.07) is 11.4. The fraction of sp³-hybridized carbons (Fsp3) is 0. The van der Waals surface area contributed by atoms with E-state index in [-0.39, 0.29) is 15.6 Å². The van der Waals surface area contributed by atoms with Crippen molar-refractivity contribution in [1.29, 1.82) is 0 Å². The Morgan fingerprint density at radius 2 is 1.46 bits per heavy atom. The molecule has 0 saturated carbocycles. The number of thiophene rings is 2. The summed E-state index contributed by atoms with van der Waals surface area (Å²) in [5.74, 6) is -0.203. The highest BCUT2D eigenvalue weighted by atomic mass is 32.2. The van der Waals surface area contributed by atoms with Crippen LogP contribution in [0.15, 0.2) is 68.4 Å². The molecule has 0 aliphatic carbocycles. The minimum Gasteiger partial charge on any atom is -0.288 e. The van der Waals surface area contributed by atoms with E-state index in [0.29, 0.717) is 10.4 Å². The Balaban J connectivity index is 0.000000228. The Morgan fingerprint density at radius 1 is 0.846 bits per heavy atom. The van der Waals surface area contributed by atoms with Crippen molar-refractivity contribution in [1.82, 2.24) is 0 Å². The number of hydrogen-bond donors (Lipinski definition) is 2. The summed E-state index contributed by atoms with van der Waals surface area (Å²) < 4.78 is 43.1. The molecule has 0 unspecified atom stereocenters. The molecule has 0 atom stereocenters. The maximum Gasteiger partial charge on any atom is 0.238 e. The maximum absolute atomic E-state index is 12.0. The number of benzene rings is 1. The zero-order valence-corrected chi connectivity index (χ0v) is 16.4. The van der Waals surface area contributed by atoms with Gasteiger partial charge < -0.3 is 0 Å². The molecule has 2 heterocycles. The molecule has 0 aliphatic rings. The molecule has 0 amide bonds. The smallest absolute Gasteiger partial charge is 0.238 e. The lowest BCUT2D eigenvalue weighted by Gasteiger charge is -1.96. The van der Waals surface area contributed by atoms with Crippen LogP contribution in [0.3, 0.4) is 0 Å². The summed E-state index contributed by atoms with van der Waals surface area (Å²) in [7, 11) is -7.19. The van der Waals surface area contributed by atoms with Crippen molar-refractivity contribution >= 4 is 48.5 Å². The van der Waals surface area contributed by atoms with Gasteiger partial charge in [0.1, 0.15) is 0 Å². The number of hydrogen-bond acceptors (Lipinski definition) is 7. The molecule has 3 aromatic rings. The molecule has 1 aromatic carbocycles. The summed E-state index contributed by atoms with van der Waals surface area (Å²) in [4.78, 5) is 12.5. The summed E-state index contributed by atoms with van der Waals surface area (Å²) in [6.07, 6.45) is 0. The van der Waals surface area contributed by atoms with Crippen LogP contribution in [-0.4, -0.2) is 22.6 Å². The predicted octanol–water partition coefficient (Wildman–Crippen LogP) is 2.02. The Kier molecular flexibility index (Phi) is 6.44. The highest BCUT2D eigenvalue weighted by Crippen LogP contribution is 2.21. The molecular formula is C15H14N2O5S4. The summed E-state index contributed by atoms with van der Waals surface area (Å²) in [5.41, 5.74) is 0.523. The minimum atomic E-state index is -3.74. The van der Waals surface area contributed by atoms with Gasteiger partial charge in [0.25, 0.3) is 0 Å². The van der Waals surface area contributed by atoms with Gasteiger partial charge in [0.05, 0.1) is 14.7 Å². The number of rotatable bonds is 4. The quantitative estimate of drug-likeness (QED) is 0.610. The molecular weight excluding hydrogens is 416 g/mol. The van der Waals surface area contributed by atoms with Gasteiger partial charge in [0.15, 0.2) is 0 Å². The van der Waals surface area contributed by atoms with Crippen LogP contribution in [0.1, 0.15) is 15.2 Å². The maximum atomic E-state index is 12.0. The van der Waals surface area contributed by atoms with E-state index in [4.69, 9.17) is 10.3 Å². The monoisotopic (exact) mass is 430 g/mol. The Bertz CT molecular complexity index is 1090. The van der Waals surface area contributed by atoms with Gasteiger partial charge in [-0.3, -0.25) is 4.79 Å². The third-order valence-electron chi connectivity index (χ3n) is 2.99. The van der Waals surface area contributed by atoms with E-state index >= 15 is 0 Å². The second-order valence-electron chi connectivity index (χ2n) is 4.89. The van der Waals surface area contributed by atoms with Crippen LogP contribution in [0.5, 0.6) is 0 Å². The molecule has 2 aromatic heterocycles. The lowest BCUT2D eigenvalue weighted by atomic mass is 10.1. The van der Waals surface area contributed by atoms with E-state index in [1.54, 1.807) is 35.7 Å². The molecule has 0 bridgehead atoms. The average molecular weight is 431 g/mol. The van der Waals surface area contributed by atoms with Crippen LogP contribution in [-0.2, 0) is 20.0 Å². The minimum absolute atomic E-state index is 0.0261. The highest BCUT2D eigenvalue weighted by Gasteiger charge is 2.16. The lowest BCUT2D eigenvalue weighted by molar-refractivity contribution is 0.104. The molecule has 4 N–H and O–H groups in total. The first-order chi connectivity index (χ1) is 12.1. The van der Waals surface area contributed by atoms with Crippen LogP contribution >= 0.6 is 22.7 Å². The van der Waals surface area contributed by atoms with Crippen molar-refractivity contribution in [3.8, 4) is 0 Å². The lowest BCUT2D eigenvalue weighted by Crippen LogP contribution is -2.11. The molecule has 0 saturated heterocycles. The third-order valence-corrected chi connectivity index (χ3v) is 6.70. The topological polar surface area (TPSA) is 137 Å². The van der Waals surface area contributed by atoms with E-state index in [0.717, 1.165) is 11.3 Å². The van der Waals surface area contributed by atoms with Crippen LogP contribution in [0.2, 0.25) is 0 Å². The first kappa shape index (κ1) is 20.4. The van der Waals surface area contributed by atoms with Gasteiger partial charge in [-0.05, 0) is 17.5 Å². The van der Waals surface area contributed by atoms with Crippen molar-refractivity contribution < 1.29 is 21.6 Å². The largest absolute Gasteiger partial charge is 0.288 e. The molecule has 138 valence electrons. The fourth-order valence-electron chi connectivity index (χ4n) is 1.73. The first-order valence-corrected chi connectivity index (χ1v) is 11.8. The van der Waals surface area contributed by atoms with Gasteiger partial charge >= 0.3 is 0 Å². The first-order valence-electron chi connectivity index (χ1n) is 6.85. The fourth-order valence-corrected chi connectivity index (χ4v) is 5.06. The summed E-state index contributed by atoms with van der Waals surface area (Å²) >= 11 is 2.38. The summed E-state index contributed by atoms with van der Waals surface area (Å²) in [6.45, 7) is 0. The standard InChI is InChI=1S/C11H9NO3S2.C4H5NO2S2/c12-17(14,15)9-6-10(16-7-9)11(13)8-4-2-1-3-5-8;5-9(6,7)4-1-2-8-3-4/h1-7H,(H2,12,14,15);1-3H,(H2,5,6,7). The third kappa shape index (κ3) is 5.56. The van der Waals surface area contributed by atoms with Gasteiger partial charge in [-0.1, -0.05) is 30.3 Å². The zero-order valence-electron chi connectivity index (χ0n) is 13.1. The predicted molar refractivity (Wildman–Crippen MR) is 101 cm³/mol. The van der Waals surface area contributed by atoms with Crippen LogP contribution in [0.4, 0.5) is 0 Å². The normalized spacial score (nSPS) is 11.5. The van der Waals surface area contributed by atoms with Gasteiger partial charge in [-0.15, -0.1) is 11.3 Å². The Labute approximate surface area is 159 Å². The van der Waals surface area contributed by atoms with Gasteiger partial charge in [0, 0.05) is 16.3 Å². The van der Waals surface area contributed by atoms with Crippen molar-refractivity contribution in [2.75, 3.05) is 0 Å². The number of primary sulfonamides is 2. The van der Waals surface area contributed by atoms with Crippen LogP contribution < -0.4 is 10.3 Å². The molecule has 0 aliphatic heterocycles. The Hall–Kier alpha value is -1.89. The van der Waals surface area contributed by atoms with Crippen molar-refractivity contribution in [3.05, 3.63) is 69.0 Å². The number of nitrogens with two attached hydrogens (primary N) is 2. The van der Waals surface area contributed by atoms with E-state index in [1.165, 1.54) is 34.2 Å². The van der Waals surface area contributed by atoms with Gasteiger partial charge in [0.2, 0.25) is 25.8 Å². The molecule has 11 heteroatoms. The van der Waals surface area contributed by atoms with E-state index < -0.39 is 20.0 Å². The second-order valence-corrected chi connectivity index (χ2v) is 9.70. The van der Waals surface area contributed by atoms with E-state index in [1.807, 2.05) is 0 Å². The highest BCUT2D eigenvalue weighted by molar-refractivity contribution is 7.89. The Morgan fingerprint density at radius 3 is 1.88 bits per heavy atom. The summed E-state index contributed by atoms with van der Waals surface area (Å²) in [5, 5.41) is 14.3. The molecule has 0 spiro atoms. The van der Waals surface area contributed by atoms with Gasteiger partial charge in [-0.25, -0.2) is 27.1 Å². The van der Waals surface area contributed by atoms with Crippen LogP contribution in [0.25, 0.3) is 0 Å². The van der Waals surface area contributed by atoms with Crippen LogP contribution in [0, 0.1) is 0 Å². The number of ketones is 1. The van der Waals surface area contributed by atoms with E-state index in [2.05, 4.69) is 0 Å². The number of sulfonamides is 2. The molecule has 3 rings (SSSR count). The number of carbonyl (C=O) groups excluding carboxylic acids is 1. The molecule has 0 radical (unpaired) electrons. The van der Waals surface area contributed by atoms with Crippen molar-refractivity contribution in [2.45, 2.75) is 9.79 Å². The molecule has 26 heavy (non-hydrogen) atoms. The van der Waals surface area contributed by atoms with Gasteiger partial charge in [-0.2, -0.15) is 11.3 Å². The van der Waals surface area contributed by atoms with Crippen molar-refractivity contribution in [2.24, 2.45) is 10.3 Å². The average Bonchev–Trinajstić information content (AvgIpc) is 3.26. The molecule has 0 fully saturated rings. The van der Waals surface area contributed by atoms with E-state index in [9.17, 15) is 21.6 Å². The second kappa shape index (κ2) is 8.20. The number of carbonyl (C=O) groups is 1. The molecule has 7 nitrogen and oxygen atoms in total. The zero-order chi connectivity index (χ0) is 19.4. The van der Waals surface area contributed by atoms with Crippen molar-refractivity contribution in [3.63, 3.8) is 0 Å². The SMILES string of the molecule is NS(=O)(=O)c1ccsc1.NS(=O)(=O)c1csc(C(=O)c2ccccc2)c1.